The molecule has 3 aliphatic rings. The summed E-state index contributed by atoms with van der Waals surface area (Å²) in [6, 6.07) is -5.70. The molecule has 3 rings (SSSR count). The van der Waals surface area contributed by atoms with Crippen molar-refractivity contribution in [2.45, 2.75) is 154 Å². The minimum Gasteiger partial charge on any atom is -0.481 e. The molecule has 6 N–H and O–H groups in total. The molecule has 6 amide bonds. The highest BCUT2D eigenvalue weighted by Gasteiger charge is 2.42. The summed E-state index contributed by atoms with van der Waals surface area (Å²) in [6.07, 6.45) is 6.95. The van der Waals surface area contributed by atoms with E-state index >= 15 is 0 Å². The summed E-state index contributed by atoms with van der Waals surface area (Å²) in [5.74, 6) is -4.26. The van der Waals surface area contributed by atoms with E-state index in [-0.39, 0.29) is 37.3 Å². The van der Waals surface area contributed by atoms with Gasteiger partial charge in [-0.15, -0.1) is 0 Å². The molecule has 52 heavy (non-hydrogen) atoms. The maximum atomic E-state index is 14.0. The normalized spacial score (nSPS) is 22.4. The fourth-order valence-electron chi connectivity index (χ4n) is 7.71. The van der Waals surface area contributed by atoms with Gasteiger partial charge in [0.25, 0.3) is 0 Å². The van der Waals surface area contributed by atoms with E-state index < -0.39 is 78.2 Å². The van der Waals surface area contributed by atoms with Crippen LogP contribution >= 0.6 is 0 Å². The van der Waals surface area contributed by atoms with Crippen molar-refractivity contribution in [3.63, 3.8) is 0 Å². The Morgan fingerprint density at radius 1 is 0.692 bits per heavy atom. The first-order valence-corrected chi connectivity index (χ1v) is 19.3. The molecule has 294 valence electrons. The number of rotatable bonds is 17. The van der Waals surface area contributed by atoms with Crippen LogP contribution in [0.25, 0.3) is 0 Å². The van der Waals surface area contributed by atoms with Gasteiger partial charge in [-0.3, -0.25) is 33.6 Å². The largest absolute Gasteiger partial charge is 0.481 e. The van der Waals surface area contributed by atoms with E-state index in [0.717, 1.165) is 12.8 Å². The van der Waals surface area contributed by atoms with Gasteiger partial charge in [0.2, 0.25) is 35.4 Å². The van der Waals surface area contributed by atoms with E-state index in [2.05, 4.69) is 28.2 Å². The Hall–Kier alpha value is -3.75. The minimum atomic E-state index is -1.53. The van der Waals surface area contributed by atoms with Crippen molar-refractivity contribution >= 4 is 41.4 Å². The molecule has 15 nitrogen and oxygen atoms in total. The topological polar surface area (TPSA) is 215 Å². The molecule has 1 saturated carbocycles. The third-order valence-electron chi connectivity index (χ3n) is 10.7. The van der Waals surface area contributed by atoms with Gasteiger partial charge >= 0.3 is 5.97 Å². The van der Waals surface area contributed by atoms with Crippen LogP contribution in [0.1, 0.15) is 118 Å². The Morgan fingerprint density at radius 3 is 1.87 bits per heavy atom. The molecule has 2 aliphatic heterocycles. The maximum absolute atomic E-state index is 14.0. The Morgan fingerprint density at radius 2 is 1.27 bits per heavy atom. The Kier molecular flexibility index (Phi) is 16.8. The third kappa shape index (κ3) is 11.9. The van der Waals surface area contributed by atoms with Gasteiger partial charge in [-0.1, -0.05) is 59.8 Å². The lowest BCUT2D eigenvalue weighted by atomic mass is 9.79. The van der Waals surface area contributed by atoms with Gasteiger partial charge in [0.15, 0.2) is 0 Å². The van der Waals surface area contributed by atoms with Crippen LogP contribution in [0.5, 0.6) is 0 Å². The molecule has 0 aromatic heterocycles. The van der Waals surface area contributed by atoms with Gasteiger partial charge in [-0.25, -0.2) is 0 Å². The molecule has 1 unspecified atom stereocenters. The molecule has 0 spiro atoms. The zero-order valence-electron chi connectivity index (χ0n) is 31.7. The number of carboxylic acids is 1. The van der Waals surface area contributed by atoms with Gasteiger partial charge in [0.1, 0.15) is 30.2 Å². The standard InChI is InChI=1S/C37H62N6O9/c1-6-17-38-35(50)32(24(5)44)41-34(49)28-16-12-19-42(28)36(51)26(21-30(46)47)39-33(48)27-15-10-11-18-43(27)37(52)31(22(2)3)40-29(45)20-23(4)25-13-8-7-9-14-25/h22-28,31-32,44H,6-21H2,1-5H3,(H,38,50)(H,39,48)(H,40,45)(H,41,49)(H,46,47)/t23-,24?,26-,27-,28-,31-,32-/m0/s1. The summed E-state index contributed by atoms with van der Waals surface area (Å²) in [5.41, 5.74) is 0. The first kappa shape index (κ1) is 42.7. The number of hydrogen-bond acceptors (Lipinski definition) is 8. The summed E-state index contributed by atoms with van der Waals surface area (Å²) >= 11 is 0. The first-order valence-electron chi connectivity index (χ1n) is 19.3. The van der Waals surface area contributed by atoms with Gasteiger partial charge < -0.3 is 41.3 Å². The van der Waals surface area contributed by atoms with Crippen molar-refractivity contribution in [2.75, 3.05) is 19.6 Å². The number of carbonyl (C=O) groups excluding carboxylic acids is 6. The lowest BCUT2D eigenvalue weighted by molar-refractivity contribution is -0.149. The molecule has 0 aromatic rings. The summed E-state index contributed by atoms with van der Waals surface area (Å²) in [6.45, 7) is 9.69. The predicted octanol–water partition coefficient (Wildman–Crippen LogP) is 1.46. The summed E-state index contributed by atoms with van der Waals surface area (Å²) in [5, 5.41) is 30.6. The van der Waals surface area contributed by atoms with Crippen LogP contribution in [0.4, 0.5) is 0 Å². The van der Waals surface area contributed by atoms with E-state index in [4.69, 9.17) is 0 Å². The Labute approximate surface area is 307 Å². The molecule has 0 bridgehead atoms. The third-order valence-corrected chi connectivity index (χ3v) is 10.7. The molecule has 0 aromatic carbocycles. The van der Waals surface area contributed by atoms with E-state index in [9.17, 15) is 43.8 Å². The lowest BCUT2D eigenvalue weighted by Crippen LogP contribution is -2.61. The van der Waals surface area contributed by atoms with Crippen LogP contribution in [0.15, 0.2) is 0 Å². The number of likely N-dealkylation sites (tertiary alicyclic amines) is 2. The number of carbonyl (C=O) groups is 7. The lowest BCUT2D eigenvalue weighted by Gasteiger charge is -2.38. The average Bonchev–Trinajstić information content (AvgIpc) is 3.61. The van der Waals surface area contributed by atoms with Crippen LogP contribution in [0.2, 0.25) is 0 Å². The molecule has 3 fully saturated rings. The van der Waals surface area contributed by atoms with Gasteiger partial charge in [-0.05, 0) is 63.2 Å². The summed E-state index contributed by atoms with van der Waals surface area (Å²) in [4.78, 5) is 95.4. The predicted molar refractivity (Wildman–Crippen MR) is 192 cm³/mol. The molecule has 2 saturated heterocycles. The van der Waals surface area contributed by atoms with Crippen molar-refractivity contribution in [3.8, 4) is 0 Å². The number of carboxylic acid groups (broad SMARTS) is 1. The van der Waals surface area contributed by atoms with Crippen molar-refractivity contribution in [1.29, 1.82) is 0 Å². The van der Waals surface area contributed by atoms with E-state index in [0.29, 0.717) is 51.0 Å². The highest BCUT2D eigenvalue weighted by Crippen LogP contribution is 2.31. The average molecular weight is 735 g/mol. The number of piperidine rings is 1. The minimum absolute atomic E-state index is 0.119. The second kappa shape index (κ2) is 20.5. The number of aliphatic hydroxyl groups excluding tert-OH is 1. The van der Waals surface area contributed by atoms with Crippen molar-refractivity contribution in [2.24, 2.45) is 17.8 Å². The number of nitrogens with one attached hydrogen (secondary N) is 4. The van der Waals surface area contributed by atoms with Gasteiger partial charge in [0, 0.05) is 26.1 Å². The van der Waals surface area contributed by atoms with Crippen molar-refractivity contribution < 1.29 is 43.8 Å². The molecule has 1 aliphatic carbocycles. The van der Waals surface area contributed by atoms with Crippen molar-refractivity contribution in [1.82, 2.24) is 31.1 Å². The maximum Gasteiger partial charge on any atom is 0.305 e. The fourth-order valence-corrected chi connectivity index (χ4v) is 7.71. The van der Waals surface area contributed by atoms with Crippen LogP contribution in [0, 0.1) is 17.8 Å². The van der Waals surface area contributed by atoms with E-state index in [1.807, 2.05) is 20.8 Å². The fraction of sp³-hybridized carbons (Fsp3) is 0.811. The number of nitrogens with zero attached hydrogens (tertiary/aromatic N) is 2. The van der Waals surface area contributed by atoms with Crippen molar-refractivity contribution in [3.05, 3.63) is 0 Å². The number of hydrogen-bond donors (Lipinski definition) is 6. The number of aliphatic carboxylic acids is 1. The summed E-state index contributed by atoms with van der Waals surface area (Å²) in [7, 11) is 0. The highest BCUT2D eigenvalue weighted by molar-refractivity contribution is 5.98. The Balaban J connectivity index is 1.72. The van der Waals surface area contributed by atoms with E-state index in [1.54, 1.807) is 0 Å². The molecule has 0 radical (unpaired) electrons. The van der Waals surface area contributed by atoms with Crippen LogP contribution in [-0.2, 0) is 33.6 Å². The van der Waals surface area contributed by atoms with Gasteiger partial charge in [-0.2, -0.15) is 0 Å². The van der Waals surface area contributed by atoms with E-state index in [1.165, 1.54) is 36.0 Å². The summed E-state index contributed by atoms with van der Waals surface area (Å²) < 4.78 is 0. The smallest absolute Gasteiger partial charge is 0.305 e. The van der Waals surface area contributed by atoms with Crippen LogP contribution in [-0.4, -0.2) is 117 Å². The monoisotopic (exact) mass is 734 g/mol. The molecular weight excluding hydrogens is 672 g/mol. The molecular formula is C37H62N6O9. The number of amides is 6. The first-order chi connectivity index (χ1) is 24.7. The quantitative estimate of drug-likeness (QED) is 0.127. The van der Waals surface area contributed by atoms with Gasteiger partial charge in [0.05, 0.1) is 12.5 Å². The van der Waals surface area contributed by atoms with Crippen LogP contribution in [0.3, 0.4) is 0 Å². The second-order valence-electron chi connectivity index (χ2n) is 15.3. The molecule has 2 heterocycles. The second-order valence-corrected chi connectivity index (χ2v) is 15.3. The zero-order chi connectivity index (χ0) is 38.5. The zero-order valence-corrected chi connectivity index (χ0v) is 31.7. The van der Waals surface area contributed by atoms with Crippen LogP contribution < -0.4 is 21.3 Å². The SMILES string of the molecule is CCCNC(=O)[C@@H](NC(=O)[C@@H]1CCCN1C(=O)[C@H](CC(=O)O)NC(=O)[C@@H]1CCCCN1C(=O)[C@@H](NC(=O)C[C@H](C)C1CCCCC1)C(C)C)C(C)O. The highest BCUT2D eigenvalue weighted by atomic mass is 16.4. The Bertz CT molecular complexity index is 1270. The molecule has 7 atom stereocenters. The number of aliphatic hydroxyl groups is 1. The molecule has 15 heteroatoms.